The number of hydrogen-bond donors (Lipinski definition) is 0. The van der Waals surface area contributed by atoms with Gasteiger partial charge in [0.2, 0.25) is 11.8 Å². The molecule has 2 rings (SSSR count). The average molecular weight is 297 g/mol. The smallest absolute Gasteiger partial charge is 0.251 e. The topological polar surface area (TPSA) is 77.7 Å². The van der Waals surface area contributed by atoms with Crippen molar-refractivity contribution in [1.82, 2.24) is 15.1 Å². The van der Waals surface area contributed by atoms with E-state index in [1.165, 1.54) is 0 Å². The third-order valence-corrected chi connectivity index (χ3v) is 3.41. The molecular formula is C14H23N3O4. The summed E-state index contributed by atoms with van der Waals surface area (Å²) in [5, 5.41) is 7.75. The van der Waals surface area contributed by atoms with E-state index in [9.17, 15) is 4.79 Å². The summed E-state index contributed by atoms with van der Waals surface area (Å²) in [6.07, 6.45) is 1.23. The molecule has 0 aliphatic carbocycles. The molecular weight excluding hydrogens is 274 g/mol. The van der Waals surface area contributed by atoms with Crippen molar-refractivity contribution in [2.45, 2.75) is 45.8 Å². The van der Waals surface area contributed by atoms with Gasteiger partial charge in [0.1, 0.15) is 6.10 Å². The highest BCUT2D eigenvalue weighted by Crippen LogP contribution is 2.21. The average Bonchev–Trinajstić information content (AvgIpc) is 2.93. The molecule has 2 atom stereocenters. The predicted molar refractivity (Wildman–Crippen MR) is 74.6 cm³/mol. The van der Waals surface area contributed by atoms with Crippen LogP contribution in [-0.2, 0) is 14.3 Å². The van der Waals surface area contributed by atoms with Gasteiger partial charge in [-0.05, 0) is 13.3 Å². The molecule has 118 valence electrons. The van der Waals surface area contributed by atoms with Crippen molar-refractivity contribution >= 4 is 5.91 Å². The Morgan fingerprint density at radius 1 is 1.52 bits per heavy atom. The maximum atomic E-state index is 12.4. The lowest BCUT2D eigenvalue weighted by Crippen LogP contribution is -2.46. The molecule has 1 fully saturated rings. The Morgan fingerprint density at radius 3 is 3.00 bits per heavy atom. The standard InChI is InChI=1S/C14H23N3O4/c1-4-5-7-19-10(2)14(18)17-6-8-20-12(9-17)13-16-15-11(3)21-13/h10,12H,4-9H2,1-3H3. The molecule has 1 aromatic heterocycles. The molecule has 0 saturated carbocycles. The monoisotopic (exact) mass is 297 g/mol. The van der Waals surface area contributed by atoms with Gasteiger partial charge >= 0.3 is 0 Å². The van der Waals surface area contributed by atoms with E-state index in [0.29, 0.717) is 38.1 Å². The highest BCUT2D eigenvalue weighted by atomic mass is 16.5. The van der Waals surface area contributed by atoms with Crippen LogP contribution in [0.4, 0.5) is 0 Å². The molecule has 1 amide bonds. The number of ether oxygens (including phenoxy) is 2. The van der Waals surface area contributed by atoms with Crippen LogP contribution in [0, 0.1) is 6.92 Å². The molecule has 0 bridgehead atoms. The van der Waals surface area contributed by atoms with Crippen molar-refractivity contribution in [1.29, 1.82) is 0 Å². The number of hydrogen-bond acceptors (Lipinski definition) is 6. The Bertz CT molecular complexity index is 463. The largest absolute Gasteiger partial charge is 0.423 e. The van der Waals surface area contributed by atoms with Crippen molar-refractivity contribution < 1.29 is 18.7 Å². The van der Waals surface area contributed by atoms with Crippen LogP contribution in [0.25, 0.3) is 0 Å². The second kappa shape index (κ2) is 7.51. The number of nitrogens with zero attached hydrogens (tertiary/aromatic N) is 3. The molecule has 0 N–H and O–H groups in total. The molecule has 7 heteroatoms. The van der Waals surface area contributed by atoms with Crippen molar-refractivity contribution in [3.05, 3.63) is 11.8 Å². The first-order valence-corrected chi connectivity index (χ1v) is 7.43. The van der Waals surface area contributed by atoms with Crippen LogP contribution in [-0.4, -0.2) is 53.4 Å². The van der Waals surface area contributed by atoms with E-state index >= 15 is 0 Å². The van der Waals surface area contributed by atoms with E-state index in [0.717, 1.165) is 12.8 Å². The molecule has 2 heterocycles. The number of aromatic nitrogens is 2. The zero-order valence-electron chi connectivity index (χ0n) is 12.9. The number of morpholine rings is 1. The lowest BCUT2D eigenvalue weighted by Gasteiger charge is -2.32. The number of unbranched alkanes of at least 4 members (excludes halogenated alkanes) is 1. The van der Waals surface area contributed by atoms with Crippen LogP contribution in [0.2, 0.25) is 0 Å². The van der Waals surface area contributed by atoms with Crippen molar-refractivity contribution in [3.63, 3.8) is 0 Å². The summed E-state index contributed by atoms with van der Waals surface area (Å²) >= 11 is 0. The van der Waals surface area contributed by atoms with Gasteiger partial charge in [0, 0.05) is 20.1 Å². The molecule has 0 radical (unpaired) electrons. The number of carbonyl (C=O) groups excluding carboxylic acids is 1. The molecule has 0 aromatic carbocycles. The summed E-state index contributed by atoms with van der Waals surface area (Å²) in [7, 11) is 0. The highest BCUT2D eigenvalue weighted by Gasteiger charge is 2.31. The molecule has 1 aromatic rings. The third-order valence-electron chi connectivity index (χ3n) is 3.41. The van der Waals surface area contributed by atoms with Gasteiger partial charge in [-0.25, -0.2) is 0 Å². The van der Waals surface area contributed by atoms with Gasteiger partial charge in [-0.2, -0.15) is 0 Å². The Hall–Kier alpha value is -1.47. The summed E-state index contributed by atoms with van der Waals surface area (Å²) < 4.78 is 16.5. The van der Waals surface area contributed by atoms with E-state index in [4.69, 9.17) is 13.9 Å². The van der Waals surface area contributed by atoms with Crippen LogP contribution in [0.3, 0.4) is 0 Å². The van der Waals surface area contributed by atoms with Gasteiger partial charge in [0.25, 0.3) is 5.91 Å². The molecule has 1 aliphatic heterocycles. The molecule has 0 spiro atoms. The minimum Gasteiger partial charge on any atom is -0.423 e. The first-order chi connectivity index (χ1) is 10.1. The van der Waals surface area contributed by atoms with Crippen molar-refractivity contribution in [2.75, 3.05) is 26.3 Å². The van der Waals surface area contributed by atoms with E-state index < -0.39 is 6.10 Å². The summed E-state index contributed by atoms with van der Waals surface area (Å²) in [5.74, 6) is 0.897. The van der Waals surface area contributed by atoms with Crippen LogP contribution < -0.4 is 0 Å². The van der Waals surface area contributed by atoms with E-state index in [1.54, 1.807) is 18.7 Å². The molecule has 21 heavy (non-hydrogen) atoms. The summed E-state index contributed by atoms with van der Waals surface area (Å²) in [6.45, 7) is 7.66. The lowest BCUT2D eigenvalue weighted by molar-refractivity contribution is -0.151. The van der Waals surface area contributed by atoms with Crippen LogP contribution in [0.15, 0.2) is 4.42 Å². The fraction of sp³-hybridized carbons (Fsp3) is 0.786. The second-order valence-electron chi connectivity index (χ2n) is 5.17. The van der Waals surface area contributed by atoms with Gasteiger partial charge in [0.15, 0.2) is 6.10 Å². The second-order valence-corrected chi connectivity index (χ2v) is 5.17. The zero-order valence-corrected chi connectivity index (χ0v) is 12.9. The van der Waals surface area contributed by atoms with Crippen molar-refractivity contribution in [2.24, 2.45) is 0 Å². The maximum absolute atomic E-state index is 12.4. The summed E-state index contributed by atoms with van der Waals surface area (Å²) in [4.78, 5) is 14.1. The molecule has 7 nitrogen and oxygen atoms in total. The van der Waals surface area contributed by atoms with Gasteiger partial charge in [-0.1, -0.05) is 13.3 Å². The zero-order chi connectivity index (χ0) is 15.2. The maximum Gasteiger partial charge on any atom is 0.251 e. The number of carbonyl (C=O) groups is 1. The minimum absolute atomic E-state index is 0.0179. The van der Waals surface area contributed by atoms with Gasteiger partial charge in [-0.3, -0.25) is 4.79 Å². The van der Waals surface area contributed by atoms with Gasteiger partial charge in [-0.15, -0.1) is 10.2 Å². The fourth-order valence-electron chi connectivity index (χ4n) is 2.17. The minimum atomic E-state index is -0.431. The Morgan fingerprint density at radius 2 is 2.33 bits per heavy atom. The fourth-order valence-corrected chi connectivity index (χ4v) is 2.17. The Labute approximate surface area is 124 Å². The Balaban J connectivity index is 1.89. The SMILES string of the molecule is CCCCOC(C)C(=O)N1CCOC(c2nnc(C)o2)C1. The van der Waals surface area contributed by atoms with Crippen molar-refractivity contribution in [3.8, 4) is 0 Å². The summed E-state index contributed by atoms with van der Waals surface area (Å²) in [5.41, 5.74) is 0. The highest BCUT2D eigenvalue weighted by molar-refractivity contribution is 5.80. The molecule has 2 unspecified atom stereocenters. The Kier molecular flexibility index (Phi) is 5.69. The van der Waals surface area contributed by atoms with Crippen LogP contribution >= 0.6 is 0 Å². The number of rotatable bonds is 6. The number of amides is 1. The van der Waals surface area contributed by atoms with Gasteiger partial charge < -0.3 is 18.8 Å². The predicted octanol–water partition coefficient (Wildman–Crippen LogP) is 1.48. The van der Waals surface area contributed by atoms with E-state index in [1.807, 2.05) is 0 Å². The van der Waals surface area contributed by atoms with Crippen LogP contribution in [0.5, 0.6) is 0 Å². The van der Waals surface area contributed by atoms with Crippen LogP contribution in [0.1, 0.15) is 44.6 Å². The molecule has 1 saturated heterocycles. The molecule has 1 aliphatic rings. The lowest BCUT2D eigenvalue weighted by atomic mass is 10.2. The number of aryl methyl sites for hydroxylation is 1. The quantitative estimate of drug-likeness (QED) is 0.740. The summed E-state index contributed by atoms with van der Waals surface area (Å²) in [6, 6.07) is 0. The normalized spacial score (nSPS) is 20.5. The van der Waals surface area contributed by atoms with E-state index in [2.05, 4.69) is 17.1 Å². The van der Waals surface area contributed by atoms with E-state index in [-0.39, 0.29) is 12.0 Å². The first-order valence-electron chi connectivity index (χ1n) is 7.43. The first kappa shape index (κ1) is 15.9. The third kappa shape index (κ3) is 4.25. The van der Waals surface area contributed by atoms with Gasteiger partial charge in [0.05, 0.1) is 13.2 Å².